The molecule has 108 valence electrons. The Balaban J connectivity index is 2.18. The van der Waals surface area contributed by atoms with E-state index in [1.54, 1.807) is 11.3 Å². The van der Waals surface area contributed by atoms with Crippen molar-refractivity contribution in [2.75, 3.05) is 6.54 Å². The van der Waals surface area contributed by atoms with Crippen LogP contribution in [-0.2, 0) is 11.3 Å². The fraction of sp³-hybridized carbons (Fsp3) is 0.429. The van der Waals surface area contributed by atoms with Crippen molar-refractivity contribution in [3.05, 3.63) is 29.0 Å². The first-order chi connectivity index (χ1) is 9.47. The molecular formula is C14H18N2O3S. The van der Waals surface area contributed by atoms with Crippen LogP contribution in [0.15, 0.2) is 21.9 Å². The lowest BCUT2D eigenvalue weighted by Gasteiger charge is -2.23. The lowest BCUT2D eigenvalue weighted by molar-refractivity contribution is -0.139. The second-order valence-electron chi connectivity index (χ2n) is 4.89. The molecule has 0 saturated carbocycles. The van der Waals surface area contributed by atoms with Crippen LogP contribution in [0.25, 0.3) is 10.8 Å². The van der Waals surface area contributed by atoms with Gasteiger partial charge >= 0.3 is 5.97 Å². The summed E-state index contributed by atoms with van der Waals surface area (Å²) in [6, 6.07) is 4.04. The maximum absolute atomic E-state index is 10.9. The first-order valence-corrected chi connectivity index (χ1v) is 7.31. The van der Waals surface area contributed by atoms with Gasteiger partial charge in [0.1, 0.15) is 5.76 Å². The van der Waals surface area contributed by atoms with Gasteiger partial charge in [-0.05, 0) is 32.2 Å². The minimum absolute atomic E-state index is 0.00168. The van der Waals surface area contributed by atoms with Crippen molar-refractivity contribution in [3.8, 4) is 10.8 Å². The van der Waals surface area contributed by atoms with Gasteiger partial charge in [-0.2, -0.15) is 0 Å². The third kappa shape index (κ3) is 3.46. The van der Waals surface area contributed by atoms with Crippen LogP contribution < -0.4 is 0 Å². The summed E-state index contributed by atoms with van der Waals surface area (Å²) in [5.41, 5.74) is 0.795. The summed E-state index contributed by atoms with van der Waals surface area (Å²) < 4.78 is 5.67. The zero-order valence-corrected chi connectivity index (χ0v) is 12.6. The van der Waals surface area contributed by atoms with Crippen LogP contribution >= 0.6 is 11.3 Å². The van der Waals surface area contributed by atoms with Gasteiger partial charge in [-0.3, -0.25) is 9.69 Å². The number of carboxylic acids is 1. The molecule has 2 aromatic heterocycles. The van der Waals surface area contributed by atoms with Gasteiger partial charge in [-0.1, -0.05) is 6.07 Å². The Morgan fingerprint density at radius 3 is 2.85 bits per heavy atom. The fourth-order valence-corrected chi connectivity index (χ4v) is 2.52. The van der Waals surface area contributed by atoms with Crippen LogP contribution in [0.3, 0.4) is 0 Å². The number of aromatic nitrogens is 1. The van der Waals surface area contributed by atoms with Crippen molar-refractivity contribution in [1.29, 1.82) is 0 Å². The summed E-state index contributed by atoms with van der Waals surface area (Å²) >= 11 is 1.57. The van der Waals surface area contributed by atoms with Gasteiger partial charge in [0.25, 0.3) is 0 Å². The Hall–Kier alpha value is -1.66. The lowest BCUT2D eigenvalue weighted by atomic mass is 10.2. The second kappa shape index (κ2) is 6.19. The molecule has 5 nitrogen and oxygen atoms in total. The van der Waals surface area contributed by atoms with E-state index < -0.39 is 5.97 Å². The maximum Gasteiger partial charge on any atom is 0.317 e. The molecule has 0 aliphatic carbocycles. The number of thiophene rings is 1. The third-order valence-electron chi connectivity index (χ3n) is 3.05. The molecule has 0 aromatic carbocycles. The number of rotatable bonds is 6. The third-order valence-corrected chi connectivity index (χ3v) is 3.90. The molecule has 0 aliphatic heterocycles. The quantitative estimate of drug-likeness (QED) is 0.887. The van der Waals surface area contributed by atoms with Gasteiger partial charge in [0.15, 0.2) is 0 Å². The topological polar surface area (TPSA) is 66.6 Å². The van der Waals surface area contributed by atoms with Crippen molar-refractivity contribution < 1.29 is 14.3 Å². The van der Waals surface area contributed by atoms with Gasteiger partial charge in [0.2, 0.25) is 5.89 Å². The van der Waals surface area contributed by atoms with Crippen LogP contribution in [0.2, 0.25) is 0 Å². The predicted molar refractivity (Wildman–Crippen MR) is 77.7 cm³/mol. The molecule has 2 heterocycles. The van der Waals surface area contributed by atoms with E-state index in [4.69, 9.17) is 9.52 Å². The second-order valence-corrected chi connectivity index (χ2v) is 5.84. The number of nitrogens with zero attached hydrogens (tertiary/aromatic N) is 2. The molecule has 1 N–H and O–H groups in total. The van der Waals surface area contributed by atoms with Crippen molar-refractivity contribution in [3.63, 3.8) is 0 Å². The molecule has 0 saturated heterocycles. The Morgan fingerprint density at radius 1 is 1.55 bits per heavy atom. The first-order valence-electron chi connectivity index (χ1n) is 6.43. The van der Waals surface area contributed by atoms with E-state index in [1.807, 2.05) is 43.2 Å². The molecule has 20 heavy (non-hydrogen) atoms. The molecule has 0 fully saturated rings. The number of aryl methyl sites for hydroxylation is 1. The maximum atomic E-state index is 10.9. The van der Waals surface area contributed by atoms with Crippen LogP contribution in [0.5, 0.6) is 0 Å². The molecule has 0 radical (unpaired) electrons. The fourth-order valence-electron chi connectivity index (χ4n) is 1.87. The van der Waals surface area contributed by atoms with Gasteiger partial charge in [-0.15, -0.1) is 11.3 Å². The van der Waals surface area contributed by atoms with E-state index in [0.717, 1.165) is 16.3 Å². The molecule has 2 rings (SSSR count). The predicted octanol–water partition coefficient (Wildman–Crippen LogP) is 3.01. The van der Waals surface area contributed by atoms with E-state index in [2.05, 4.69) is 4.98 Å². The average molecular weight is 294 g/mol. The van der Waals surface area contributed by atoms with Crippen molar-refractivity contribution >= 4 is 17.3 Å². The standard InChI is InChI=1S/C14H18N2O3S/c1-9(2)16(8-13(17)18)7-11-10(3)19-14(15-11)12-5-4-6-20-12/h4-6,9H,7-8H2,1-3H3,(H,17,18). The number of hydrogen-bond acceptors (Lipinski definition) is 5. The number of oxazole rings is 1. The molecule has 0 aliphatic rings. The smallest absolute Gasteiger partial charge is 0.317 e. The summed E-state index contributed by atoms with van der Waals surface area (Å²) in [5.74, 6) is 0.509. The minimum Gasteiger partial charge on any atom is -0.480 e. The van der Waals surface area contributed by atoms with Crippen LogP contribution in [-0.4, -0.2) is 33.5 Å². The van der Waals surface area contributed by atoms with Crippen molar-refractivity contribution in [2.24, 2.45) is 0 Å². The summed E-state index contributed by atoms with van der Waals surface area (Å²) in [5, 5.41) is 10.9. The number of carboxylic acid groups (broad SMARTS) is 1. The lowest BCUT2D eigenvalue weighted by Crippen LogP contribution is -2.35. The molecule has 0 unspecified atom stereocenters. The molecule has 6 heteroatoms. The average Bonchev–Trinajstić information content (AvgIpc) is 2.98. The van der Waals surface area contributed by atoms with Gasteiger partial charge < -0.3 is 9.52 Å². The van der Waals surface area contributed by atoms with Gasteiger partial charge in [0, 0.05) is 12.6 Å². The van der Waals surface area contributed by atoms with E-state index >= 15 is 0 Å². The van der Waals surface area contributed by atoms with Crippen molar-refractivity contribution in [1.82, 2.24) is 9.88 Å². The molecule has 0 amide bonds. The highest BCUT2D eigenvalue weighted by Gasteiger charge is 2.19. The van der Waals surface area contributed by atoms with E-state index in [-0.39, 0.29) is 12.6 Å². The van der Waals surface area contributed by atoms with Gasteiger partial charge in [0.05, 0.1) is 17.1 Å². The Morgan fingerprint density at radius 2 is 2.30 bits per heavy atom. The highest BCUT2D eigenvalue weighted by atomic mass is 32.1. The Kier molecular flexibility index (Phi) is 4.57. The molecule has 0 atom stereocenters. The highest BCUT2D eigenvalue weighted by molar-refractivity contribution is 7.13. The molecule has 0 bridgehead atoms. The highest BCUT2D eigenvalue weighted by Crippen LogP contribution is 2.26. The molecule has 0 spiro atoms. The minimum atomic E-state index is -0.835. The summed E-state index contributed by atoms with van der Waals surface area (Å²) in [6.07, 6.45) is 0. The van der Waals surface area contributed by atoms with Crippen LogP contribution in [0.1, 0.15) is 25.3 Å². The normalized spacial score (nSPS) is 11.4. The van der Waals surface area contributed by atoms with E-state index in [1.165, 1.54) is 0 Å². The SMILES string of the molecule is Cc1oc(-c2cccs2)nc1CN(CC(=O)O)C(C)C. The molecular weight excluding hydrogens is 276 g/mol. The Labute approximate surface area is 121 Å². The molecule has 2 aromatic rings. The van der Waals surface area contributed by atoms with Crippen LogP contribution in [0, 0.1) is 6.92 Å². The zero-order chi connectivity index (χ0) is 14.7. The van der Waals surface area contributed by atoms with Crippen LogP contribution in [0.4, 0.5) is 0 Å². The number of aliphatic carboxylic acids is 1. The Bertz CT molecular complexity index is 575. The monoisotopic (exact) mass is 294 g/mol. The summed E-state index contributed by atoms with van der Waals surface area (Å²) in [4.78, 5) is 18.2. The first kappa shape index (κ1) is 14.7. The number of carbonyl (C=O) groups is 1. The van der Waals surface area contributed by atoms with Crippen molar-refractivity contribution in [2.45, 2.75) is 33.4 Å². The number of hydrogen-bond donors (Lipinski definition) is 1. The largest absolute Gasteiger partial charge is 0.480 e. The van der Waals surface area contributed by atoms with E-state index in [9.17, 15) is 4.79 Å². The van der Waals surface area contributed by atoms with E-state index in [0.29, 0.717) is 12.4 Å². The summed E-state index contributed by atoms with van der Waals surface area (Å²) in [7, 11) is 0. The summed E-state index contributed by atoms with van der Waals surface area (Å²) in [6.45, 7) is 6.28. The van der Waals surface area contributed by atoms with Gasteiger partial charge in [-0.25, -0.2) is 4.98 Å². The zero-order valence-electron chi connectivity index (χ0n) is 11.8.